The standard InChI is InChI=1S/C17H17FN2O3/c1-10-3-4-12(9-15(10)19)17(22)23-11(2)16(21)20-14-7-5-13(18)6-8-14/h3-9,11H,19H2,1-2H3,(H,20,21)/t11-/m1/s1. The molecule has 2 aromatic carbocycles. The highest BCUT2D eigenvalue weighted by molar-refractivity contribution is 5.97. The molecule has 0 aliphatic heterocycles. The summed E-state index contributed by atoms with van der Waals surface area (Å²) in [4.78, 5) is 24.0. The summed E-state index contributed by atoms with van der Waals surface area (Å²) in [5, 5.41) is 2.54. The number of esters is 1. The van der Waals surface area contributed by atoms with E-state index in [1.165, 1.54) is 37.3 Å². The molecule has 3 N–H and O–H groups in total. The van der Waals surface area contributed by atoms with Crippen molar-refractivity contribution in [2.45, 2.75) is 20.0 Å². The smallest absolute Gasteiger partial charge is 0.338 e. The van der Waals surface area contributed by atoms with Gasteiger partial charge in [-0.2, -0.15) is 0 Å². The minimum Gasteiger partial charge on any atom is -0.449 e. The van der Waals surface area contributed by atoms with Gasteiger partial charge in [-0.15, -0.1) is 0 Å². The van der Waals surface area contributed by atoms with Crippen LogP contribution in [-0.4, -0.2) is 18.0 Å². The Morgan fingerprint density at radius 1 is 1.17 bits per heavy atom. The van der Waals surface area contributed by atoms with Gasteiger partial charge in [0.25, 0.3) is 5.91 Å². The Bertz CT molecular complexity index is 729. The third kappa shape index (κ3) is 4.29. The number of aryl methyl sites for hydroxylation is 1. The predicted octanol–water partition coefficient (Wildman–Crippen LogP) is 2.90. The lowest BCUT2D eigenvalue weighted by molar-refractivity contribution is -0.123. The molecule has 6 heteroatoms. The van der Waals surface area contributed by atoms with E-state index >= 15 is 0 Å². The molecule has 0 heterocycles. The van der Waals surface area contributed by atoms with Gasteiger partial charge < -0.3 is 15.8 Å². The van der Waals surface area contributed by atoms with Gasteiger partial charge in [0, 0.05) is 11.4 Å². The number of carbonyl (C=O) groups is 2. The fraction of sp³-hybridized carbons (Fsp3) is 0.176. The molecule has 1 atom stereocenters. The van der Waals surface area contributed by atoms with Gasteiger partial charge in [0.15, 0.2) is 6.10 Å². The van der Waals surface area contributed by atoms with E-state index in [0.717, 1.165) is 5.56 Å². The Hall–Kier alpha value is -2.89. The van der Waals surface area contributed by atoms with Gasteiger partial charge in [-0.1, -0.05) is 6.07 Å². The van der Waals surface area contributed by atoms with E-state index in [1.807, 2.05) is 6.92 Å². The number of halogens is 1. The molecule has 0 saturated heterocycles. The first kappa shape index (κ1) is 16.5. The second-order valence-electron chi connectivity index (χ2n) is 5.12. The molecule has 0 aromatic heterocycles. The number of rotatable bonds is 4. The van der Waals surface area contributed by atoms with Crippen molar-refractivity contribution >= 4 is 23.3 Å². The summed E-state index contributed by atoms with van der Waals surface area (Å²) in [5.41, 5.74) is 7.76. The first-order valence-electron chi connectivity index (χ1n) is 7.00. The number of ether oxygens (including phenoxy) is 1. The van der Waals surface area contributed by atoms with Gasteiger partial charge in [0.2, 0.25) is 0 Å². The second-order valence-corrected chi connectivity index (χ2v) is 5.12. The first-order chi connectivity index (χ1) is 10.9. The molecule has 0 fully saturated rings. The number of carbonyl (C=O) groups excluding carboxylic acids is 2. The van der Waals surface area contributed by atoms with E-state index in [0.29, 0.717) is 11.4 Å². The summed E-state index contributed by atoms with van der Waals surface area (Å²) in [6.07, 6.45) is -1.00. The summed E-state index contributed by atoms with van der Waals surface area (Å²) < 4.78 is 17.9. The van der Waals surface area contributed by atoms with Crippen LogP contribution >= 0.6 is 0 Å². The summed E-state index contributed by atoms with van der Waals surface area (Å²) in [7, 11) is 0. The molecule has 23 heavy (non-hydrogen) atoms. The molecule has 0 aliphatic carbocycles. The number of benzene rings is 2. The first-order valence-corrected chi connectivity index (χ1v) is 7.00. The Morgan fingerprint density at radius 2 is 1.83 bits per heavy atom. The third-order valence-electron chi connectivity index (χ3n) is 3.28. The molecule has 0 spiro atoms. The molecule has 0 saturated carbocycles. The molecule has 2 aromatic rings. The van der Waals surface area contributed by atoms with Gasteiger partial charge in [-0.3, -0.25) is 4.79 Å². The summed E-state index contributed by atoms with van der Waals surface area (Å²) >= 11 is 0. The maximum atomic E-state index is 12.8. The van der Waals surface area contributed by atoms with Crippen molar-refractivity contribution in [1.29, 1.82) is 0 Å². The van der Waals surface area contributed by atoms with Crippen LogP contribution in [0.3, 0.4) is 0 Å². The van der Waals surface area contributed by atoms with Crippen LogP contribution in [0.4, 0.5) is 15.8 Å². The lowest BCUT2D eigenvalue weighted by atomic mass is 10.1. The number of nitrogens with one attached hydrogen (secondary N) is 1. The Balaban J connectivity index is 1.98. The van der Waals surface area contributed by atoms with Gasteiger partial charge in [-0.25, -0.2) is 9.18 Å². The SMILES string of the molecule is Cc1ccc(C(=O)O[C@H](C)C(=O)Nc2ccc(F)cc2)cc1N. The van der Waals surface area contributed by atoms with Crippen LogP contribution in [0.1, 0.15) is 22.8 Å². The van der Waals surface area contributed by atoms with Crippen LogP contribution < -0.4 is 11.1 Å². The number of nitrogen functional groups attached to an aromatic ring is 1. The molecular formula is C17H17FN2O3. The molecule has 0 radical (unpaired) electrons. The zero-order valence-corrected chi connectivity index (χ0v) is 12.8. The fourth-order valence-electron chi connectivity index (χ4n) is 1.83. The molecule has 5 nitrogen and oxygen atoms in total. The molecule has 1 amide bonds. The van der Waals surface area contributed by atoms with Crippen molar-refractivity contribution in [3.8, 4) is 0 Å². The highest BCUT2D eigenvalue weighted by atomic mass is 19.1. The molecule has 0 bridgehead atoms. The molecule has 2 rings (SSSR count). The maximum Gasteiger partial charge on any atom is 0.338 e. The number of hydrogen-bond acceptors (Lipinski definition) is 4. The average Bonchev–Trinajstić information content (AvgIpc) is 2.52. The minimum atomic E-state index is -1.00. The van der Waals surface area contributed by atoms with Crippen molar-refractivity contribution in [2.75, 3.05) is 11.1 Å². The van der Waals surface area contributed by atoms with Gasteiger partial charge >= 0.3 is 5.97 Å². The van der Waals surface area contributed by atoms with E-state index in [2.05, 4.69) is 5.32 Å². The normalized spacial score (nSPS) is 11.6. The van der Waals surface area contributed by atoms with Crippen molar-refractivity contribution in [3.05, 3.63) is 59.4 Å². The summed E-state index contributed by atoms with van der Waals surface area (Å²) in [6.45, 7) is 3.28. The number of amides is 1. The zero-order valence-electron chi connectivity index (χ0n) is 12.8. The molecule has 0 aliphatic rings. The topological polar surface area (TPSA) is 81.4 Å². The number of nitrogens with two attached hydrogens (primary N) is 1. The Kier molecular flexibility index (Phi) is 4.95. The highest BCUT2D eigenvalue weighted by Gasteiger charge is 2.19. The lowest BCUT2D eigenvalue weighted by Crippen LogP contribution is -2.30. The Labute approximate surface area is 133 Å². The van der Waals surface area contributed by atoms with E-state index in [-0.39, 0.29) is 5.56 Å². The minimum absolute atomic E-state index is 0.273. The highest BCUT2D eigenvalue weighted by Crippen LogP contribution is 2.15. The lowest BCUT2D eigenvalue weighted by Gasteiger charge is -2.14. The van der Waals surface area contributed by atoms with Crippen LogP contribution in [0, 0.1) is 12.7 Å². The summed E-state index contributed by atoms with van der Waals surface area (Å²) in [5.74, 6) is -1.55. The van der Waals surface area contributed by atoms with E-state index in [1.54, 1.807) is 12.1 Å². The van der Waals surface area contributed by atoms with Crippen molar-refractivity contribution in [2.24, 2.45) is 0 Å². The van der Waals surface area contributed by atoms with E-state index in [9.17, 15) is 14.0 Å². The van der Waals surface area contributed by atoms with Crippen molar-refractivity contribution in [1.82, 2.24) is 0 Å². The average molecular weight is 316 g/mol. The van der Waals surface area contributed by atoms with Crippen molar-refractivity contribution < 1.29 is 18.7 Å². The van der Waals surface area contributed by atoms with Crippen LogP contribution in [0.15, 0.2) is 42.5 Å². The Morgan fingerprint density at radius 3 is 2.43 bits per heavy atom. The van der Waals surface area contributed by atoms with Gasteiger partial charge in [0.1, 0.15) is 5.82 Å². The largest absolute Gasteiger partial charge is 0.449 e. The van der Waals surface area contributed by atoms with Crippen LogP contribution in [0.25, 0.3) is 0 Å². The number of hydrogen-bond donors (Lipinski definition) is 2. The predicted molar refractivity (Wildman–Crippen MR) is 85.5 cm³/mol. The molecule has 0 unspecified atom stereocenters. The molecule has 120 valence electrons. The maximum absolute atomic E-state index is 12.8. The van der Waals surface area contributed by atoms with E-state index in [4.69, 9.17) is 10.5 Å². The second kappa shape index (κ2) is 6.91. The van der Waals surface area contributed by atoms with Crippen molar-refractivity contribution in [3.63, 3.8) is 0 Å². The summed E-state index contributed by atoms with van der Waals surface area (Å²) in [6, 6.07) is 10.1. The van der Waals surface area contributed by atoms with Crippen LogP contribution in [-0.2, 0) is 9.53 Å². The quantitative estimate of drug-likeness (QED) is 0.671. The number of anilines is 2. The zero-order chi connectivity index (χ0) is 17.0. The van der Waals surface area contributed by atoms with Gasteiger partial charge in [0.05, 0.1) is 5.56 Å². The monoisotopic (exact) mass is 316 g/mol. The van der Waals surface area contributed by atoms with Gasteiger partial charge in [-0.05, 0) is 55.8 Å². The third-order valence-corrected chi connectivity index (χ3v) is 3.28. The van der Waals surface area contributed by atoms with Crippen LogP contribution in [0.5, 0.6) is 0 Å². The fourth-order valence-corrected chi connectivity index (χ4v) is 1.83. The van der Waals surface area contributed by atoms with Crippen LogP contribution in [0.2, 0.25) is 0 Å². The van der Waals surface area contributed by atoms with E-state index < -0.39 is 23.8 Å². The molecular weight excluding hydrogens is 299 g/mol.